The highest BCUT2D eigenvalue weighted by Crippen LogP contribution is 2.12. The molecule has 0 saturated carbocycles. The average Bonchev–Trinajstić information content (AvgIpc) is 3.12. The molecule has 3 rings (SSSR count). The molecular weight excluding hydrogens is 290 g/mol. The van der Waals surface area contributed by atoms with Crippen molar-refractivity contribution in [3.05, 3.63) is 28.9 Å². The van der Waals surface area contributed by atoms with Gasteiger partial charge in [0.2, 0.25) is 11.8 Å². The van der Waals surface area contributed by atoms with Crippen molar-refractivity contribution >= 4 is 17.1 Å². The minimum atomic E-state index is -0.224. The van der Waals surface area contributed by atoms with E-state index < -0.39 is 0 Å². The molecule has 0 spiro atoms. The van der Waals surface area contributed by atoms with Crippen molar-refractivity contribution in [3.8, 4) is 0 Å². The van der Waals surface area contributed by atoms with E-state index in [2.05, 4.69) is 25.4 Å². The second-order valence-corrected chi connectivity index (χ2v) is 4.60. The van der Waals surface area contributed by atoms with Crippen LogP contribution in [-0.4, -0.2) is 49.5 Å². The van der Waals surface area contributed by atoms with Gasteiger partial charge < -0.3 is 19.1 Å². The number of aromatic nitrogens is 6. The van der Waals surface area contributed by atoms with Crippen LogP contribution in [-0.2, 0) is 18.3 Å². The number of hydrogen-bond acceptors (Lipinski definition) is 8. The Bertz CT molecular complexity index is 821. The number of hydrogen-bond donors (Lipinski definition) is 1. The van der Waals surface area contributed by atoms with Gasteiger partial charge >= 0.3 is 0 Å². The molecule has 3 aromatic rings. The molecule has 0 aromatic carbocycles. The van der Waals surface area contributed by atoms with Gasteiger partial charge in [-0.1, -0.05) is 5.16 Å². The van der Waals surface area contributed by atoms with Gasteiger partial charge in [0.1, 0.15) is 12.9 Å². The third-order valence-electron chi connectivity index (χ3n) is 3.16. The van der Waals surface area contributed by atoms with Crippen molar-refractivity contribution in [2.24, 2.45) is 7.05 Å². The van der Waals surface area contributed by atoms with E-state index in [0.717, 1.165) is 0 Å². The first-order valence-corrected chi connectivity index (χ1v) is 6.61. The smallest absolute Gasteiger partial charge is 0.280 e. The quantitative estimate of drug-likeness (QED) is 0.613. The van der Waals surface area contributed by atoms with E-state index in [-0.39, 0.29) is 12.1 Å². The molecule has 0 saturated heterocycles. The lowest BCUT2D eigenvalue weighted by Gasteiger charge is -2.05. The largest absolute Gasteiger partial charge is 0.383 e. The molecule has 3 heterocycles. The zero-order chi connectivity index (χ0) is 15.5. The molecule has 0 bridgehead atoms. The van der Waals surface area contributed by atoms with E-state index in [4.69, 9.17) is 9.26 Å². The van der Waals surface area contributed by atoms with Gasteiger partial charge in [0.25, 0.3) is 5.56 Å². The fourth-order valence-electron chi connectivity index (χ4n) is 2.07. The third kappa shape index (κ3) is 2.55. The monoisotopic (exact) mass is 305 g/mol. The van der Waals surface area contributed by atoms with Gasteiger partial charge in [0, 0.05) is 20.7 Å². The van der Waals surface area contributed by atoms with Crippen molar-refractivity contribution in [3.63, 3.8) is 0 Å². The predicted octanol–water partition coefficient (Wildman–Crippen LogP) is -0.380. The van der Waals surface area contributed by atoms with Crippen molar-refractivity contribution in [2.45, 2.75) is 6.54 Å². The molecule has 0 aliphatic heterocycles. The first kappa shape index (κ1) is 14.2. The maximum absolute atomic E-state index is 12.5. The second-order valence-electron chi connectivity index (χ2n) is 4.60. The van der Waals surface area contributed by atoms with Crippen LogP contribution in [0.15, 0.2) is 22.0 Å². The number of nitrogens with one attached hydrogen (secondary N) is 1. The van der Waals surface area contributed by atoms with E-state index in [1.54, 1.807) is 18.7 Å². The molecule has 0 aliphatic rings. The minimum absolute atomic E-state index is 0.166. The van der Waals surface area contributed by atoms with Crippen molar-refractivity contribution in [1.29, 1.82) is 0 Å². The number of methoxy groups -OCH3 is 1. The molecule has 1 N–H and O–H groups in total. The summed E-state index contributed by atoms with van der Waals surface area (Å²) in [4.78, 5) is 24.9. The third-order valence-corrected chi connectivity index (χ3v) is 3.16. The average molecular weight is 305 g/mol. The Hall–Kier alpha value is -2.75. The Labute approximate surface area is 124 Å². The summed E-state index contributed by atoms with van der Waals surface area (Å²) in [7, 11) is 3.37. The molecule has 0 unspecified atom stereocenters. The van der Waals surface area contributed by atoms with Crippen LogP contribution in [0.5, 0.6) is 0 Å². The number of rotatable bonds is 6. The van der Waals surface area contributed by atoms with Gasteiger partial charge in [-0.15, -0.1) is 0 Å². The number of fused-ring (bicyclic) bond motifs is 1. The highest BCUT2D eigenvalue weighted by Gasteiger charge is 2.14. The molecule has 22 heavy (non-hydrogen) atoms. The number of nitrogens with zero attached hydrogens (tertiary/aromatic N) is 6. The van der Waals surface area contributed by atoms with Crippen LogP contribution in [0.3, 0.4) is 0 Å². The molecule has 0 fully saturated rings. The Kier molecular flexibility index (Phi) is 3.83. The molecule has 116 valence electrons. The molecule has 0 radical (unpaired) electrons. The lowest BCUT2D eigenvalue weighted by molar-refractivity contribution is 0.210. The molecule has 3 aromatic heterocycles. The van der Waals surface area contributed by atoms with Crippen LogP contribution in [0.25, 0.3) is 11.2 Å². The molecule has 0 amide bonds. The molecule has 10 nitrogen and oxygen atoms in total. The summed E-state index contributed by atoms with van der Waals surface area (Å²) >= 11 is 0. The SMILES string of the molecule is COCCNc1nc2ncn(Cc3ncno3)c(=O)c2n1C. The van der Waals surface area contributed by atoms with Crippen LogP contribution in [0.4, 0.5) is 5.95 Å². The van der Waals surface area contributed by atoms with Gasteiger partial charge in [0.15, 0.2) is 17.5 Å². The fourth-order valence-corrected chi connectivity index (χ4v) is 2.07. The summed E-state index contributed by atoms with van der Waals surface area (Å²) in [5, 5.41) is 6.61. The van der Waals surface area contributed by atoms with Crippen molar-refractivity contribution in [1.82, 2.24) is 29.2 Å². The van der Waals surface area contributed by atoms with Crippen molar-refractivity contribution in [2.75, 3.05) is 25.6 Å². The summed E-state index contributed by atoms with van der Waals surface area (Å²) in [6.07, 6.45) is 2.70. The lowest BCUT2D eigenvalue weighted by atomic mass is 10.5. The summed E-state index contributed by atoms with van der Waals surface area (Å²) in [5.74, 6) is 0.899. The number of anilines is 1. The van der Waals surface area contributed by atoms with Gasteiger partial charge in [-0.25, -0.2) is 4.98 Å². The number of aryl methyl sites for hydroxylation is 1. The van der Waals surface area contributed by atoms with Gasteiger partial charge in [0.05, 0.1) is 6.61 Å². The van der Waals surface area contributed by atoms with Crippen molar-refractivity contribution < 1.29 is 9.26 Å². The van der Waals surface area contributed by atoms with E-state index in [1.807, 2.05) is 0 Å². The normalized spacial score (nSPS) is 11.2. The predicted molar refractivity (Wildman–Crippen MR) is 76.5 cm³/mol. The summed E-state index contributed by atoms with van der Waals surface area (Å²) in [5.41, 5.74) is 0.564. The Morgan fingerprint density at radius 1 is 1.41 bits per heavy atom. The first-order valence-electron chi connectivity index (χ1n) is 6.61. The second kappa shape index (κ2) is 5.93. The molecule has 0 atom stereocenters. The maximum atomic E-state index is 12.5. The van der Waals surface area contributed by atoms with Gasteiger partial charge in [-0.05, 0) is 0 Å². The molecule has 10 heteroatoms. The molecular formula is C12H15N7O3. The highest BCUT2D eigenvalue weighted by atomic mass is 16.5. The van der Waals surface area contributed by atoms with Gasteiger partial charge in [-0.2, -0.15) is 9.97 Å². The van der Waals surface area contributed by atoms with E-state index >= 15 is 0 Å². The standard InChI is InChI=1S/C12H15N7O3/c1-18-9-10(17-12(18)13-3-4-21-2)15-7-19(11(9)20)5-8-14-6-16-22-8/h6-7H,3-5H2,1-2H3,(H,13,17). The highest BCUT2D eigenvalue weighted by molar-refractivity contribution is 5.73. The van der Waals surface area contributed by atoms with E-state index in [1.165, 1.54) is 17.2 Å². The number of imidazole rings is 1. The van der Waals surface area contributed by atoms with Crippen LogP contribution in [0, 0.1) is 0 Å². The topological polar surface area (TPSA) is 113 Å². The Morgan fingerprint density at radius 3 is 3.00 bits per heavy atom. The minimum Gasteiger partial charge on any atom is -0.383 e. The van der Waals surface area contributed by atoms with E-state index in [9.17, 15) is 4.79 Å². The number of ether oxygens (including phenoxy) is 1. The summed E-state index contributed by atoms with van der Waals surface area (Å²) in [6.45, 7) is 1.29. The summed E-state index contributed by atoms with van der Waals surface area (Å²) < 4.78 is 13.0. The van der Waals surface area contributed by atoms with Crippen LogP contribution >= 0.6 is 0 Å². The van der Waals surface area contributed by atoms with E-state index in [0.29, 0.717) is 36.2 Å². The molecule has 0 aliphatic carbocycles. The maximum Gasteiger partial charge on any atom is 0.280 e. The zero-order valence-corrected chi connectivity index (χ0v) is 12.2. The first-order chi connectivity index (χ1) is 10.7. The van der Waals surface area contributed by atoms with Crippen LogP contribution in [0.1, 0.15) is 5.89 Å². The Balaban J connectivity index is 1.96. The zero-order valence-electron chi connectivity index (χ0n) is 12.2. The van der Waals surface area contributed by atoms with Crippen LogP contribution < -0.4 is 10.9 Å². The fraction of sp³-hybridized carbons (Fsp3) is 0.417. The lowest BCUT2D eigenvalue weighted by Crippen LogP contribution is -2.23. The Morgan fingerprint density at radius 2 is 2.27 bits per heavy atom. The van der Waals surface area contributed by atoms with Gasteiger partial charge in [-0.3, -0.25) is 9.36 Å². The van der Waals surface area contributed by atoms with Crippen LogP contribution in [0.2, 0.25) is 0 Å². The summed E-state index contributed by atoms with van der Waals surface area (Å²) in [6, 6.07) is 0.